The first-order valence-corrected chi connectivity index (χ1v) is 7.22. The zero-order chi connectivity index (χ0) is 15.0. The van der Waals surface area contributed by atoms with Gasteiger partial charge in [0.2, 0.25) is 0 Å². The minimum Gasteiger partial charge on any atom is -0.393 e. The molecule has 1 saturated carbocycles. The van der Waals surface area contributed by atoms with Crippen molar-refractivity contribution < 1.29 is 9.31 Å². The van der Waals surface area contributed by atoms with Crippen molar-refractivity contribution >= 4 is 11.4 Å². The van der Waals surface area contributed by atoms with Crippen molar-refractivity contribution in [2.75, 3.05) is 5.73 Å². The minimum atomic E-state index is -0.621. The van der Waals surface area contributed by atoms with Gasteiger partial charge in [-0.1, -0.05) is 51.4 Å². The number of nitrogen functional groups attached to an aromatic ring is 1. The van der Waals surface area contributed by atoms with Crippen LogP contribution in [0, 0.1) is 22.9 Å². The van der Waals surface area contributed by atoms with Gasteiger partial charge in [0.25, 0.3) is 5.69 Å². The van der Waals surface area contributed by atoms with Crippen LogP contribution in [0.3, 0.4) is 0 Å². The molecule has 0 spiro atoms. The van der Waals surface area contributed by atoms with Crippen molar-refractivity contribution in [3.05, 3.63) is 33.6 Å². The van der Waals surface area contributed by atoms with Crippen LogP contribution in [0.4, 0.5) is 15.8 Å². The van der Waals surface area contributed by atoms with Gasteiger partial charge in [-0.15, -0.1) is 0 Å². The zero-order valence-electron chi connectivity index (χ0n) is 12.0. The Morgan fingerprint density at radius 1 is 1.05 bits per heavy atom. The number of aryl methyl sites for hydroxylation is 1. The van der Waals surface area contributed by atoms with Crippen molar-refractivity contribution in [2.45, 2.75) is 58.3 Å². The Kier molecular flexibility index (Phi) is 6.98. The van der Waals surface area contributed by atoms with Crippen molar-refractivity contribution in [3.8, 4) is 0 Å². The Bertz CT molecular complexity index is 402. The summed E-state index contributed by atoms with van der Waals surface area (Å²) in [7, 11) is 0. The normalized spacial score (nSPS) is 15.5. The number of anilines is 1. The molecular weight excluding hydrogens is 259 g/mol. The molecule has 2 rings (SSSR count). The maximum absolute atomic E-state index is 12.6. The molecule has 0 aromatic heterocycles. The number of nitrogens with two attached hydrogens (primary N) is 1. The standard InChI is InChI=1S/C8H16.C7H7FN2O2/c1-2-4-6-8-7-5-3-1;1-4-2-5(8)3-6(9)7(4)10(11)12/h1-8H2;2-3H,9H2,1H3. The summed E-state index contributed by atoms with van der Waals surface area (Å²) in [6, 6.07) is 2.01. The summed E-state index contributed by atoms with van der Waals surface area (Å²) in [5.74, 6) is -0.560. The Balaban J connectivity index is 0.000000217. The number of nitro groups is 1. The van der Waals surface area contributed by atoms with Crippen LogP contribution in [0.15, 0.2) is 12.1 Å². The van der Waals surface area contributed by atoms with Gasteiger partial charge in [-0.05, 0) is 13.0 Å². The Morgan fingerprint density at radius 2 is 1.45 bits per heavy atom. The zero-order valence-corrected chi connectivity index (χ0v) is 12.0. The molecule has 0 aliphatic heterocycles. The van der Waals surface area contributed by atoms with Gasteiger partial charge < -0.3 is 5.73 Å². The highest BCUT2D eigenvalue weighted by Gasteiger charge is 2.15. The third kappa shape index (κ3) is 5.55. The van der Waals surface area contributed by atoms with E-state index in [2.05, 4.69) is 0 Å². The third-order valence-corrected chi connectivity index (χ3v) is 3.48. The molecule has 5 heteroatoms. The number of rotatable bonds is 1. The van der Waals surface area contributed by atoms with Gasteiger partial charge in [-0.3, -0.25) is 10.1 Å². The maximum atomic E-state index is 12.6. The maximum Gasteiger partial charge on any atom is 0.295 e. The first-order chi connectivity index (χ1) is 9.52. The molecule has 1 aliphatic rings. The average molecular weight is 282 g/mol. The van der Waals surface area contributed by atoms with Gasteiger partial charge in [0.05, 0.1) is 4.92 Å². The summed E-state index contributed by atoms with van der Waals surface area (Å²) >= 11 is 0. The van der Waals surface area contributed by atoms with E-state index in [1.54, 1.807) is 0 Å². The molecule has 20 heavy (non-hydrogen) atoms. The van der Waals surface area contributed by atoms with Crippen molar-refractivity contribution in [1.82, 2.24) is 0 Å². The van der Waals surface area contributed by atoms with Crippen molar-refractivity contribution in [2.24, 2.45) is 0 Å². The lowest BCUT2D eigenvalue weighted by Crippen LogP contribution is -1.98. The Morgan fingerprint density at radius 3 is 1.75 bits per heavy atom. The largest absolute Gasteiger partial charge is 0.393 e. The number of nitro benzene ring substituents is 1. The van der Waals surface area contributed by atoms with E-state index in [0.717, 1.165) is 12.1 Å². The number of hydrogen-bond donors (Lipinski definition) is 1. The number of benzene rings is 1. The predicted molar refractivity (Wildman–Crippen MR) is 79.1 cm³/mol. The van der Waals surface area contributed by atoms with E-state index in [1.165, 1.54) is 58.3 Å². The Labute approximate surface area is 119 Å². The van der Waals surface area contributed by atoms with Gasteiger partial charge in [0.1, 0.15) is 11.5 Å². The lowest BCUT2D eigenvalue weighted by atomic mass is 10.0. The molecule has 0 amide bonds. The average Bonchev–Trinajstić information content (AvgIpc) is 2.25. The predicted octanol–water partition coefficient (Wildman–Crippen LogP) is 4.75. The lowest BCUT2D eigenvalue weighted by Gasteiger charge is -2.05. The lowest BCUT2D eigenvalue weighted by molar-refractivity contribution is -0.384. The van der Waals surface area contributed by atoms with Crippen molar-refractivity contribution in [3.63, 3.8) is 0 Å². The van der Waals surface area contributed by atoms with Crippen LogP contribution >= 0.6 is 0 Å². The number of hydrogen-bond acceptors (Lipinski definition) is 3. The molecule has 2 N–H and O–H groups in total. The van der Waals surface area contributed by atoms with Crippen LogP contribution in [-0.4, -0.2) is 4.92 Å². The number of halogens is 1. The first-order valence-electron chi connectivity index (χ1n) is 7.22. The summed E-state index contributed by atoms with van der Waals surface area (Å²) in [5.41, 5.74) is 5.11. The summed E-state index contributed by atoms with van der Waals surface area (Å²) in [6.45, 7) is 1.44. The third-order valence-electron chi connectivity index (χ3n) is 3.48. The summed E-state index contributed by atoms with van der Waals surface area (Å²) in [5, 5.41) is 10.4. The molecule has 0 unspecified atom stereocenters. The first kappa shape index (κ1) is 16.4. The molecule has 0 atom stereocenters. The fourth-order valence-corrected chi connectivity index (χ4v) is 2.43. The minimum absolute atomic E-state index is 0.141. The fraction of sp³-hybridized carbons (Fsp3) is 0.600. The molecule has 1 aliphatic carbocycles. The highest BCUT2D eigenvalue weighted by molar-refractivity contribution is 5.62. The number of nitrogens with zero attached hydrogens (tertiary/aromatic N) is 1. The van der Waals surface area contributed by atoms with Crippen LogP contribution < -0.4 is 5.73 Å². The van der Waals surface area contributed by atoms with Crippen LogP contribution in [0.2, 0.25) is 0 Å². The highest BCUT2D eigenvalue weighted by atomic mass is 19.1. The molecule has 112 valence electrons. The van der Waals surface area contributed by atoms with Gasteiger partial charge in [0.15, 0.2) is 0 Å². The molecule has 0 saturated heterocycles. The van der Waals surface area contributed by atoms with E-state index >= 15 is 0 Å². The quantitative estimate of drug-likeness (QED) is 0.459. The SMILES string of the molecule is C1CCCCCCC1.Cc1cc(F)cc(N)c1[N+](=O)[O-]. The van der Waals surface area contributed by atoms with Crippen molar-refractivity contribution in [1.29, 1.82) is 0 Å². The molecule has 1 aromatic rings. The van der Waals surface area contributed by atoms with E-state index in [-0.39, 0.29) is 16.9 Å². The fourth-order valence-electron chi connectivity index (χ4n) is 2.43. The second-order valence-corrected chi connectivity index (χ2v) is 5.25. The van der Waals surface area contributed by atoms with Gasteiger partial charge >= 0.3 is 0 Å². The summed E-state index contributed by atoms with van der Waals surface area (Å²) < 4.78 is 12.6. The van der Waals surface area contributed by atoms with Crippen LogP contribution in [0.25, 0.3) is 0 Å². The van der Waals surface area contributed by atoms with E-state index in [9.17, 15) is 14.5 Å². The molecule has 0 heterocycles. The van der Waals surface area contributed by atoms with E-state index in [1.807, 2.05) is 0 Å². The van der Waals surface area contributed by atoms with E-state index in [0.29, 0.717) is 0 Å². The Hall–Kier alpha value is -1.65. The smallest absolute Gasteiger partial charge is 0.295 e. The highest BCUT2D eigenvalue weighted by Crippen LogP contribution is 2.26. The molecule has 1 aromatic carbocycles. The van der Waals surface area contributed by atoms with E-state index in [4.69, 9.17) is 5.73 Å². The topological polar surface area (TPSA) is 69.2 Å². The molecule has 0 bridgehead atoms. The second kappa shape index (κ2) is 8.51. The summed E-state index contributed by atoms with van der Waals surface area (Å²) in [4.78, 5) is 9.74. The molecule has 0 radical (unpaired) electrons. The monoisotopic (exact) mass is 282 g/mol. The van der Waals surface area contributed by atoms with Gasteiger partial charge in [0, 0.05) is 11.6 Å². The van der Waals surface area contributed by atoms with Crippen LogP contribution in [-0.2, 0) is 0 Å². The summed E-state index contributed by atoms with van der Waals surface area (Å²) in [6.07, 6.45) is 12.0. The van der Waals surface area contributed by atoms with Gasteiger partial charge in [-0.2, -0.15) is 0 Å². The van der Waals surface area contributed by atoms with E-state index < -0.39 is 10.7 Å². The molecule has 1 fully saturated rings. The van der Waals surface area contributed by atoms with Gasteiger partial charge in [-0.25, -0.2) is 4.39 Å². The molecular formula is C15H23FN2O2. The van der Waals surface area contributed by atoms with Crippen LogP contribution in [0.5, 0.6) is 0 Å². The van der Waals surface area contributed by atoms with Crippen LogP contribution in [0.1, 0.15) is 56.9 Å². The molecule has 4 nitrogen and oxygen atoms in total. The second-order valence-electron chi connectivity index (χ2n) is 5.25.